The SMILES string of the molecule is Cc1cc(C(O)CCNC(=O)c2cccc3ccccc23)c(C)o1. The minimum Gasteiger partial charge on any atom is -0.466 e. The Morgan fingerprint density at radius 1 is 1.17 bits per heavy atom. The number of hydrogen-bond donors (Lipinski definition) is 2. The number of amides is 1. The Labute approximate surface area is 141 Å². The van der Waals surface area contributed by atoms with Crippen LogP contribution < -0.4 is 5.32 Å². The monoisotopic (exact) mass is 323 g/mol. The number of aryl methyl sites for hydroxylation is 2. The van der Waals surface area contributed by atoms with Crippen LogP contribution in [0.4, 0.5) is 0 Å². The molecule has 1 aromatic heterocycles. The van der Waals surface area contributed by atoms with E-state index in [2.05, 4.69) is 5.32 Å². The lowest BCUT2D eigenvalue weighted by molar-refractivity contribution is 0.0944. The summed E-state index contributed by atoms with van der Waals surface area (Å²) in [6.07, 6.45) is -0.202. The molecule has 1 heterocycles. The number of aliphatic hydroxyl groups excluding tert-OH is 1. The molecule has 0 spiro atoms. The zero-order valence-corrected chi connectivity index (χ0v) is 13.9. The van der Waals surface area contributed by atoms with Crippen LogP contribution in [0.5, 0.6) is 0 Å². The Kier molecular flexibility index (Phi) is 4.67. The molecule has 1 atom stereocenters. The summed E-state index contributed by atoms with van der Waals surface area (Å²) in [5.74, 6) is 1.38. The fourth-order valence-corrected chi connectivity index (χ4v) is 2.98. The van der Waals surface area contributed by atoms with Crippen molar-refractivity contribution >= 4 is 16.7 Å². The molecule has 4 heteroatoms. The van der Waals surface area contributed by atoms with Crippen LogP contribution in [0.1, 0.15) is 40.0 Å². The highest BCUT2D eigenvalue weighted by atomic mass is 16.3. The standard InChI is InChI=1S/C20H21NO3/c1-13-12-18(14(2)24-13)19(22)10-11-21-20(23)17-9-5-7-15-6-3-4-8-16(15)17/h3-9,12,19,22H,10-11H2,1-2H3,(H,21,23). The van der Waals surface area contributed by atoms with Crippen LogP contribution in [0.2, 0.25) is 0 Å². The van der Waals surface area contributed by atoms with Gasteiger partial charge in [0.25, 0.3) is 5.91 Å². The molecule has 0 fully saturated rings. The lowest BCUT2D eigenvalue weighted by Gasteiger charge is -2.11. The third kappa shape index (κ3) is 3.34. The van der Waals surface area contributed by atoms with E-state index in [9.17, 15) is 9.90 Å². The van der Waals surface area contributed by atoms with Gasteiger partial charge in [-0.3, -0.25) is 4.79 Å². The van der Waals surface area contributed by atoms with Crippen molar-refractivity contribution in [3.8, 4) is 0 Å². The molecule has 3 rings (SSSR count). The maximum Gasteiger partial charge on any atom is 0.251 e. The van der Waals surface area contributed by atoms with Gasteiger partial charge in [0.05, 0.1) is 6.10 Å². The quantitative estimate of drug-likeness (QED) is 0.748. The molecule has 0 bridgehead atoms. The van der Waals surface area contributed by atoms with Gasteiger partial charge >= 0.3 is 0 Å². The highest BCUT2D eigenvalue weighted by Gasteiger charge is 2.15. The zero-order valence-electron chi connectivity index (χ0n) is 13.9. The molecule has 4 nitrogen and oxygen atoms in total. The van der Waals surface area contributed by atoms with Gasteiger partial charge in [-0.1, -0.05) is 36.4 Å². The van der Waals surface area contributed by atoms with Crippen molar-refractivity contribution in [2.24, 2.45) is 0 Å². The predicted molar refractivity (Wildman–Crippen MR) is 94.0 cm³/mol. The van der Waals surface area contributed by atoms with Gasteiger partial charge in [0.15, 0.2) is 0 Å². The number of nitrogens with one attached hydrogen (secondary N) is 1. The molecule has 0 radical (unpaired) electrons. The van der Waals surface area contributed by atoms with Crippen molar-refractivity contribution in [1.82, 2.24) is 5.32 Å². The Morgan fingerprint density at radius 2 is 1.92 bits per heavy atom. The van der Waals surface area contributed by atoms with Gasteiger partial charge in [0.2, 0.25) is 0 Å². The molecule has 2 aromatic carbocycles. The highest BCUT2D eigenvalue weighted by molar-refractivity contribution is 6.06. The number of furan rings is 1. The van der Waals surface area contributed by atoms with Crippen LogP contribution in [0.25, 0.3) is 10.8 Å². The lowest BCUT2D eigenvalue weighted by Crippen LogP contribution is -2.25. The van der Waals surface area contributed by atoms with Gasteiger partial charge in [-0.2, -0.15) is 0 Å². The van der Waals surface area contributed by atoms with Crippen molar-refractivity contribution in [1.29, 1.82) is 0 Å². The molecule has 0 saturated heterocycles. The molecule has 0 saturated carbocycles. The molecule has 1 unspecified atom stereocenters. The number of rotatable bonds is 5. The van der Waals surface area contributed by atoms with Crippen LogP contribution in [0, 0.1) is 13.8 Å². The molecular formula is C20H21NO3. The molecule has 124 valence electrons. The maximum atomic E-state index is 12.4. The van der Waals surface area contributed by atoms with E-state index in [0.717, 1.165) is 27.9 Å². The van der Waals surface area contributed by atoms with Gasteiger partial charge in [-0.15, -0.1) is 0 Å². The first kappa shape index (κ1) is 16.3. The third-order valence-corrected chi connectivity index (χ3v) is 4.18. The van der Waals surface area contributed by atoms with Crippen molar-refractivity contribution < 1.29 is 14.3 Å². The average molecular weight is 323 g/mol. The van der Waals surface area contributed by atoms with E-state index < -0.39 is 6.10 Å². The Morgan fingerprint density at radius 3 is 2.67 bits per heavy atom. The first-order chi connectivity index (χ1) is 11.6. The number of fused-ring (bicyclic) bond motifs is 1. The predicted octanol–water partition coefficient (Wildman–Crippen LogP) is 3.90. The first-order valence-electron chi connectivity index (χ1n) is 8.07. The van der Waals surface area contributed by atoms with E-state index in [1.165, 1.54) is 0 Å². The number of aliphatic hydroxyl groups is 1. The van der Waals surface area contributed by atoms with Crippen molar-refractivity contribution in [2.75, 3.05) is 6.54 Å². The van der Waals surface area contributed by atoms with E-state index in [1.807, 2.05) is 62.4 Å². The second kappa shape index (κ2) is 6.89. The van der Waals surface area contributed by atoms with Gasteiger partial charge in [0.1, 0.15) is 11.5 Å². The van der Waals surface area contributed by atoms with Crippen molar-refractivity contribution in [3.63, 3.8) is 0 Å². The Bertz CT molecular complexity index is 861. The van der Waals surface area contributed by atoms with Crippen molar-refractivity contribution in [2.45, 2.75) is 26.4 Å². The summed E-state index contributed by atoms with van der Waals surface area (Å²) in [5.41, 5.74) is 1.44. The number of benzene rings is 2. The van der Waals surface area contributed by atoms with Gasteiger partial charge in [0, 0.05) is 17.7 Å². The minimum atomic E-state index is -0.643. The Hall–Kier alpha value is -2.59. The Balaban J connectivity index is 1.64. The van der Waals surface area contributed by atoms with E-state index in [4.69, 9.17) is 4.42 Å². The molecule has 24 heavy (non-hydrogen) atoms. The topological polar surface area (TPSA) is 62.5 Å². The number of hydrogen-bond acceptors (Lipinski definition) is 3. The third-order valence-electron chi connectivity index (χ3n) is 4.18. The second-order valence-corrected chi connectivity index (χ2v) is 5.96. The van der Waals surface area contributed by atoms with Gasteiger partial charge in [-0.05, 0) is 43.2 Å². The van der Waals surface area contributed by atoms with E-state index in [0.29, 0.717) is 18.5 Å². The normalized spacial score (nSPS) is 12.3. The summed E-state index contributed by atoms with van der Waals surface area (Å²) in [5, 5.41) is 15.1. The van der Waals surface area contributed by atoms with E-state index >= 15 is 0 Å². The van der Waals surface area contributed by atoms with Crippen LogP contribution in [-0.4, -0.2) is 17.6 Å². The molecule has 0 aliphatic carbocycles. The summed E-state index contributed by atoms with van der Waals surface area (Å²) in [4.78, 5) is 12.4. The summed E-state index contributed by atoms with van der Waals surface area (Å²) in [6.45, 7) is 4.08. The summed E-state index contributed by atoms with van der Waals surface area (Å²) >= 11 is 0. The van der Waals surface area contributed by atoms with Crippen LogP contribution in [-0.2, 0) is 0 Å². The fraction of sp³-hybridized carbons (Fsp3) is 0.250. The largest absolute Gasteiger partial charge is 0.466 e. The molecule has 0 aliphatic rings. The number of carbonyl (C=O) groups excluding carboxylic acids is 1. The zero-order chi connectivity index (χ0) is 17.1. The molecule has 1 amide bonds. The maximum absolute atomic E-state index is 12.4. The van der Waals surface area contributed by atoms with E-state index in [-0.39, 0.29) is 5.91 Å². The van der Waals surface area contributed by atoms with E-state index in [1.54, 1.807) is 0 Å². The minimum absolute atomic E-state index is 0.126. The van der Waals surface area contributed by atoms with Crippen molar-refractivity contribution in [3.05, 3.63) is 71.2 Å². The fourth-order valence-electron chi connectivity index (χ4n) is 2.98. The molecule has 2 N–H and O–H groups in total. The van der Waals surface area contributed by atoms with Crippen LogP contribution in [0.3, 0.4) is 0 Å². The van der Waals surface area contributed by atoms with Crippen LogP contribution >= 0.6 is 0 Å². The lowest BCUT2D eigenvalue weighted by atomic mass is 10.0. The second-order valence-electron chi connectivity index (χ2n) is 5.96. The first-order valence-corrected chi connectivity index (χ1v) is 8.07. The van der Waals surface area contributed by atoms with Crippen LogP contribution in [0.15, 0.2) is 52.9 Å². The van der Waals surface area contributed by atoms with Gasteiger partial charge < -0.3 is 14.8 Å². The number of carbonyl (C=O) groups is 1. The highest BCUT2D eigenvalue weighted by Crippen LogP contribution is 2.23. The summed E-state index contributed by atoms with van der Waals surface area (Å²) in [6, 6.07) is 15.3. The molecule has 3 aromatic rings. The molecular weight excluding hydrogens is 302 g/mol. The molecule has 0 aliphatic heterocycles. The van der Waals surface area contributed by atoms with Gasteiger partial charge in [-0.25, -0.2) is 0 Å². The summed E-state index contributed by atoms with van der Waals surface area (Å²) < 4.78 is 5.43. The average Bonchev–Trinajstić information content (AvgIpc) is 2.92. The summed E-state index contributed by atoms with van der Waals surface area (Å²) in [7, 11) is 0. The smallest absolute Gasteiger partial charge is 0.251 e.